The van der Waals surface area contributed by atoms with E-state index in [0.29, 0.717) is 0 Å². The summed E-state index contributed by atoms with van der Waals surface area (Å²) in [5.41, 5.74) is 0. The number of alkyl halides is 8. The van der Waals surface area contributed by atoms with Gasteiger partial charge in [-0.3, -0.25) is 0 Å². The summed E-state index contributed by atoms with van der Waals surface area (Å²) in [5, 5.41) is 0. The van der Waals surface area contributed by atoms with Gasteiger partial charge in [0.2, 0.25) is 5.92 Å². The monoisotopic (exact) mass is 232 g/mol. The van der Waals surface area contributed by atoms with E-state index in [0.717, 1.165) is 0 Å². The van der Waals surface area contributed by atoms with E-state index in [4.69, 9.17) is 0 Å². The van der Waals surface area contributed by atoms with Crippen molar-refractivity contribution in [1.82, 2.24) is 0 Å². The van der Waals surface area contributed by atoms with Crippen molar-refractivity contribution in [3.05, 3.63) is 0 Å². The van der Waals surface area contributed by atoms with Crippen molar-refractivity contribution >= 4 is 0 Å². The fraction of sp³-hybridized carbons (Fsp3) is 1.00. The minimum absolute atomic E-state index is 0.0600. The predicted molar refractivity (Wildman–Crippen MR) is 27.6 cm³/mol. The van der Waals surface area contributed by atoms with E-state index in [1.54, 1.807) is 0 Å². The van der Waals surface area contributed by atoms with Crippen LogP contribution in [0, 0.1) is 5.92 Å². The molecule has 9 heteroatoms. The number of ether oxygens (including phenoxy) is 1. The molecule has 0 spiro atoms. The molecule has 0 N–H and O–H groups in total. The zero-order valence-electron chi connectivity index (χ0n) is 6.51. The third-order valence-corrected chi connectivity index (χ3v) is 1.26. The maximum Gasteiger partial charge on any atom is 0.409 e. The molecule has 0 unspecified atom stereocenters. The lowest BCUT2D eigenvalue weighted by Crippen LogP contribution is -2.49. The van der Waals surface area contributed by atoms with Crippen LogP contribution in [-0.2, 0) is 4.74 Å². The molecule has 0 aliphatic rings. The minimum atomic E-state index is -6.11. The molecule has 0 amide bonds. The summed E-state index contributed by atoms with van der Waals surface area (Å²) < 4.78 is 96.9. The van der Waals surface area contributed by atoms with Crippen molar-refractivity contribution in [1.29, 1.82) is 0 Å². The Labute approximate surface area is 72.6 Å². The van der Waals surface area contributed by atoms with Gasteiger partial charge in [0.05, 0.1) is 0 Å². The topological polar surface area (TPSA) is 9.23 Å². The van der Waals surface area contributed by atoms with Gasteiger partial charge < -0.3 is 4.74 Å². The van der Waals surface area contributed by atoms with Gasteiger partial charge in [0.25, 0.3) is 0 Å². The summed E-state index contributed by atoms with van der Waals surface area (Å²) in [5.74, 6) is -4.81. The second kappa shape index (κ2) is 3.52. The van der Waals surface area contributed by atoms with Gasteiger partial charge >= 0.3 is 18.5 Å². The van der Waals surface area contributed by atoms with Crippen LogP contribution >= 0.6 is 0 Å². The zero-order chi connectivity index (χ0) is 11.8. The molecule has 0 aromatic carbocycles. The highest BCUT2D eigenvalue weighted by molar-refractivity contribution is 4.82. The van der Waals surface area contributed by atoms with E-state index < -0.39 is 24.4 Å². The third kappa shape index (κ3) is 2.96. The van der Waals surface area contributed by atoms with E-state index in [-0.39, 0.29) is 7.11 Å². The van der Waals surface area contributed by atoms with Gasteiger partial charge in [0.1, 0.15) is 0 Å². The Morgan fingerprint density at radius 3 is 1.14 bits per heavy atom. The Kier molecular flexibility index (Phi) is 3.37. The average molecular weight is 232 g/mol. The summed E-state index contributed by atoms with van der Waals surface area (Å²) in [6.07, 6.45) is -17.5. The predicted octanol–water partition coefficient (Wildman–Crippen LogP) is 2.97. The van der Waals surface area contributed by atoms with Crippen LogP contribution in [0.1, 0.15) is 0 Å². The molecular formula is C5H4F8O. The molecule has 1 nitrogen and oxygen atoms in total. The third-order valence-electron chi connectivity index (χ3n) is 1.26. The SMILES string of the molecule is COC(F)(F)C(C(F)(F)F)C(F)(F)F. The summed E-state index contributed by atoms with van der Waals surface area (Å²) in [7, 11) is 0.0600. The number of methoxy groups -OCH3 is 1. The molecule has 0 aliphatic carbocycles. The lowest BCUT2D eigenvalue weighted by Gasteiger charge is -2.28. The van der Waals surface area contributed by atoms with Gasteiger partial charge in [-0.1, -0.05) is 0 Å². The molecule has 0 heterocycles. The summed E-state index contributed by atoms with van der Waals surface area (Å²) in [6.45, 7) is 0. The average Bonchev–Trinajstić information content (AvgIpc) is 1.79. The quantitative estimate of drug-likeness (QED) is 0.665. The van der Waals surface area contributed by atoms with E-state index in [1.807, 2.05) is 0 Å². The van der Waals surface area contributed by atoms with E-state index in [1.165, 1.54) is 0 Å². The van der Waals surface area contributed by atoms with Crippen LogP contribution in [0.15, 0.2) is 0 Å². The molecular weight excluding hydrogens is 228 g/mol. The van der Waals surface area contributed by atoms with Gasteiger partial charge in [0.15, 0.2) is 0 Å². The van der Waals surface area contributed by atoms with Gasteiger partial charge in [0, 0.05) is 7.11 Å². The Balaban J connectivity index is 5.14. The lowest BCUT2D eigenvalue weighted by molar-refractivity contribution is -0.393. The fourth-order valence-corrected chi connectivity index (χ4v) is 0.684. The van der Waals surface area contributed by atoms with Crippen LogP contribution in [0.3, 0.4) is 0 Å². The van der Waals surface area contributed by atoms with Crippen molar-refractivity contribution in [2.75, 3.05) is 7.11 Å². The summed E-state index contributed by atoms with van der Waals surface area (Å²) >= 11 is 0. The summed E-state index contributed by atoms with van der Waals surface area (Å²) in [4.78, 5) is 0. The highest BCUT2D eigenvalue weighted by Crippen LogP contribution is 2.48. The summed E-state index contributed by atoms with van der Waals surface area (Å²) in [6, 6.07) is 0. The van der Waals surface area contributed by atoms with Crippen molar-refractivity contribution in [2.45, 2.75) is 18.5 Å². The molecule has 0 saturated carbocycles. The molecule has 0 radical (unpaired) electrons. The highest BCUT2D eigenvalue weighted by Gasteiger charge is 2.69. The van der Waals surface area contributed by atoms with E-state index in [9.17, 15) is 35.1 Å². The van der Waals surface area contributed by atoms with Gasteiger partial charge in [-0.15, -0.1) is 0 Å². The molecule has 0 rings (SSSR count). The number of halogens is 8. The van der Waals surface area contributed by atoms with E-state index >= 15 is 0 Å². The van der Waals surface area contributed by atoms with Crippen LogP contribution in [-0.4, -0.2) is 25.6 Å². The molecule has 86 valence electrons. The molecule has 0 bridgehead atoms. The number of rotatable bonds is 2. The van der Waals surface area contributed by atoms with Crippen LogP contribution in [0.5, 0.6) is 0 Å². The first-order chi connectivity index (χ1) is 5.93. The second-order valence-electron chi connectivity index (χ2n) is 2.28. The largest absolute Gasteiger partial charge is 0.409 e. The van der Waals surface area contributed by atoms with Crippen molar-refractivity contribution < 1.29 is 39.9 Å². The molecule has 0 aromatic heterocycles. The first kappa shape index (κ1) is 13.4. The maximum absolute atomic E-state index is 12.1. The van der Waals surface area contributed by atoms with E-state index in [2.05, 4.69) is 4.74 Å². The number of hydrogen-bond acceptors (Lipinski definition) is 1. The normalized spacial score (nSPS) is 15.0. The van der Waals surface area contributed by atoms with Crippen LogP contribution in [0.25, 0.3) is 0 Å². The van der Waals surface area contributed by atoms with Gasteiger partial charge in [-0.05, 0) is 0 Å². The van der Waals surface area contributed by atoms with Crippen molar-refractivity contribution in [3.63, 3.8) is 0 Å². The van der Waals surface area contributed by atoms with Crippen LogP contribution in [0.4, 0.5) is 35.1 Å². The molecule has 0 aromatic rings. The van der Waals surface area contributed by atoms with Gasteiger partial charge in [-0.2, -0.15) is 35.1 Å². The molecule has 14 heavy (non-hydrogen) atoms. The zero-order valence-corrected chi connectivity index (χ0v) is 6.51. The highest BCUT2D eigenvalue weighted by atomic mass is 19.4. The smallest absolute Gasteiger partial charge is 0.323 e. The second-order valence-corrected chi connectivity index (χ2v) is 2.28. The Morgan fingerprint density at radius 1 is 0.786 bits per heavy atom. The minimum Gasteiger partial charge on any atom is -0.323 e. The van der Waals surface area contributed by atoms with Crippen molar-refractivity contribution in [2.24, 2.45) is 5.92 Å². The van der Waals surface area contributed by atoms with Crippen LogP contribution < -0.4 is 0 Å². The van der Waals surface area contributed by atoms with Crippen molar-refractivity contribution in [3.8, 4) is 0 Å². The molecule has 0 atom stereocenters. The maximum atomic E-state index is 12.1. The molecule has 0 saturated heterocycles. The molecule has 0 fully saturated rings. The van der Waals surface area contributed by atoms with Gasteiger partial charge in [-0.25, -0.2) is 0 Å². The molecule has 0 aliphatic heterocycles. The Bertz CT molecular complexity index is 177. The first-order valence-corrected chi connectivity index (χ1v) is 2.99. The fourth-order valence-electron chi connectivity index (χ4n) is 0.684. The first-order valence-electron chi connectivity index (χ1n) is 2.99. The number of hydrogen-bond donors (Lipinski definition) is 0. The standard InChI is InChI=1S/C5H4F8O/c1-14-5(12,13)2(3(6,7)8)4(9,10)11/h2H,1H3. The Morgan fingerprint density at radius 2 is 1.07 bits per heavy atom. The lowest BCUT2D eigenvalue weighted by atomic mass is 10.1. The Hall–Kier alpha value is -0.600. The van der Waals surface area contributed by atoms with Crippen LogP contribution in [0.2, 0.25) is 0 Å².